The monoisotopic (exact) mass is 428 g/mol. The topological polar surface area (TPSA) is 76.1 Å². The number of sulfone groups is 1. The third kappa shape index (κ3) is 4.21. The van der Waals surface area contributed by atoms with Crippen LogP contribution in [0.2, 0.25) is 0 Å². The van der Waals surface area contributed by atoms with Gasteiger partial charge in [0, 0.05) is 12.2 Å². The highest BCUT2D eigenvalue weighted by atomic mass is 32.2. The van der Waals surface area contributed by atoms with Gasteiger partial charge in [-0.1, -0.05) is 56.4 Å². The zero-order chi connectivity index (χ0) is 21.0. The second-order valence-electron chi connectivity index (χ2n) is 8.73. The molecule has 1 heterocycles. The fourth-order valence-electron chi connectivity index (χ4n) is 3.47. The van der Waals surface area contributed by atoms with Gasteiger partial charge in [0.25, 0.3) is 0 Å². The lowest BCUT2D eigenvalue weighted by atomic mass is 9.86. The minimum absolute atomic E-state index is 0.0303. The molecule has 4 rings (SSSR count). The van der Waals surface area contributed by atoms with Crippen LogP contribution in [0, 0.1) is 5.92 Å². The highest BCUT2D eigenvalue weighted by Gasteiger charge is 2.44. The van der Waals surface area contributed by atoms with Crippen LogP contribution in [-0.2, 0) is 20.0 Å². The van der Waals surface area contributed by atoms with Crippen molar-refractivity contribution in [2.24, 2.45) is 5.92 Å². The molecule has 2 atom stereocenters. The Morgan fingerprint density at radius 3 is 2.45 bits per heavy atom. The van der Waals surface area contributed by atoms with Crippen molar-refractivity contribution in [3.8, 4) is 0 Å². The summed E-state index contributed by atoms with van der Waals surface area (Å²) in [7, 11) is -3.27. The predicted molar refractivity (Wildman–Crippen MR) is 117 cm³/mol. The van der Waals surface area contributed by atoms with Gasteiger partial charge in [-0.3, -0.25) is 4.79 Å². The molecule has 1 saturated carbocycles. The van der Waals surface area contributed by atoms with E-state index in [4.69, 9.17) is 0 Å². The Hall–Kier alpha value is -2.25. The molecule has 1 fully saturated rings. The summed E-state index contributed by atoms with van der Waals surface area (Å²) in [5, 5.41) is 3.41. The smallest absolute Gasteiger partial charge is 0.229 e. The van der Waals surface area contributed by atoms with E-state index in [2.05, 4.69) is 55.3 Å². The van der Waals surface area contributed by atoms with Crippen molar-refractivity contribution in [3.63, 3.8) is 0 Å². The Labute approximate surface area is 175 Å². The summed E-state index contributed by atoms with van der Waals surface area (Å²) in [6, 6.07) is 13.4. The molecule has 7 heteroatoms. The Bertz CT molecular complexity index is 1190. The first-order chi connectivity index (χ1) is 13.5. The van der Waals surface area contributed by atoms with Crippen LogP contribution in [0.25, 0.3) is 10.2 Å². The fraction of sp³-hybridized carbons (Fsp3) is 0.364. The van der Waals surface area contributed by atoms with E-state index in [1.54, 1.807) is 18.2 Å². The summed E-state index contributed by atoms with van der Waals surface area (Å²) in [6.45, 7) is 6.56. The largest absolute Gasteiger partial charge is 0.302 e. The molecular formula is C22H24N2O3S2. The van der Waals surface area contributed by atoms with Crippen molar-refractivity contribution in [2.45, 2.75) is 43.4 Å². The molecule has 1 N–H and O–H groups in total. The Morgan fingerprint density at radius 2 is 1.83 bits per heavy atom. The van der Waals surface area contributed by atoms with Gasteiger partial charge >= 0.3 is 0 Å². The van der Waals surface area contributed by atoms with Crippen LogP contribution in [0.15, 0.2) is 47.4 Å². The minimum atomic E-state index is -3.27. The maximum Gasteiger partial charge on any atom is 0.229 e. The van der Waals surface area contributed by atoms with E-state index in [1.165, 1.54) is 28.7 Å². The van der Waals surface area contributed by atoms with Gasteiger partial charge in [-0.25, -0.2) is 13.4 Å². The molecule has 29 heavy (non-hydrogen) atoms. The van der Waals surface area contributed by atoms with E-state index in [0.717, 1.165) is 11.1 Å². The Morgan fingerprint density at radius 1 is 1.14 bits per heavy atom. The summed E-state index contributed by atoms with van der Waals surface area (Å²) < 4.78 is 24.2. The van der Waals surface area contributed by atoms with Crippen LogP contribution in [0.4, 0.5) is 5.13 Å². The molecule has 5 nitrogen and oxygen atoms in total. The van der Waals surface area contributed by atoms with E-state index >= 15 is 0 Å². The molecule has 0 spiro atoms. The predicted octanol–water partition coefficient (Wildman–Crippen LogP) is 4.74. The summed E-state index contributed by atoms with van der Waals surface area (Å²) in [6.07, 6.45) is 2.02. The molecule has 3 aromatic rings. The number of benzene rings is 2. The van der Waals surface area contributed by atoms with Crippen molar-refractivity contribution in [1.29, 1.82) is 0 Å². The Kier molecular flexibility index (Phi) is 4.78. The third-order valence-corrected chi connectivity index (χ3v) is 7.39. The molecule has 152 valence electrons. The number of fused-ring (bicyclic) bond motifs is 1. The van der Waals surface area contributed by atoms with Gasteiger partial charge in [0.15, 0.2) is 15.0 Å². The second kappa shape index (κ2) is 6.92. The molecule has 1 aliphatic rings. The van der Waals surface area contributed by atoms with Crippen molar-refractivity contribution < 1.29 is 13.2 Å². The molecule has 1 aliphatic carbocycles. The highest BCUT2D eigenvalue weighted by molar-refractivity contribution is 7.90. The zero-order valence-electron chi connectivity index (χ0n) is 16.9. The quantitative estimate of drug-likeness (QED) is 0.651. The van der Waals surface area contributed by atoms with Crippen LogP contribution >= 0.6 is 11.3 Å². The lowest BCUT2D eigenvalue weighted by Crippen LogP contribution is -2.14. The number of nitrogens with zero attached hydrogens (tertiary/aromatic N) is 1. The van der Waals surface area contributed by atoms with Crippen molar-refractivity contribution in [3.05, 3.63) is 53.6 Å². The van der Waals surface area contributed by atoms with E-state index in [1.807, 2.05) is 0 Å². The van der Waals surface area contributed by atoms with Gasteiger partial charge in [-0.05, 0) is 47.1 Å². The number of rotatable bonds is 4. The van der Waals surface area contributed by atoms with Crippen molar-refractivity contribution in [1.82, 2.24) is 4.98 Å². The third-order valence-electron chi connectivity index (χ3n) is 5.35. The number of thiazole rings is 1. The summed E-state index contributed by atoms with van der Waals surface area (Å²) in [4.78, 5) is 17.3. The van der Waals surface area contributed by atoms with E-state index in [0.29, 0.717) is 10.6 Å². The number of carbonyl (C=O) groups is 1. The first kappa shape index (κ1) is 20.0. The summed E-state index contributed by atoms with van der Waals surface area (Å²) in [5.41, 5.74) is 3.27. The van der Waals surface area contributed by atoms with Crippen LogP contribution in [-0.4, -0.2) is 25.6 Å². The number of anilines is 1. The van der Waals surface area contributed by atoms with Crippen LogP contribution in [0.3, 0.4) is 0 Å². The average Bonchev–Trinajstić information content (AvgIpc) is 3.33. The van der Waals surface area contributed by atoms with E-state index in [9.17, 15) is 13.2 Å². The van der Waals surface area contributed by atoms with E-state index in [-0.39, 0.29) is 28.1 Å². The van der Waals surface area contributed by atoms with Crippen LogP contribution in [0.1, 0.15) is 44.2 Å². The number of carbonyl (C=O) groups excluding carboxylic acids is 1. The van der Waals surface area contributed by atoms with Gasteiger partial charge in [0.05, 0.1) is 15.1 Å². The zero-order valence-corrected chi connectivity index (χ0v) is 18.5. The van der Waals surface area contributed by atoms with Crippen LogP contribution in [0.5, 0.6) is 0 Å². The number of amides is 1. The van der Waals surface area contributed by atoms with Crippen LogP contribution < -0.4 is 5.32 Å². The second-order valence-corrected chi connectivity index (χ2v) is 11.8. The van der Waals surface area contributed by atoms with Gasteiger partial charge in [-0.2, -0.15) is 0 Å². The van der Waals surface area contributed by atoms with Gasteiger partial charge < -0.3 is 5.32 Å². The summed E-state index contributed by atoms with van der Waals surface area (Å²) in [5.74, 6) is 0.168. The SMILES string of the molecule is CC(C)(C)c1ccc([C@@H]2C[C@@H]2C(=O)Nc2nc3ccc(S(C)(=O)=O)cc3s2)cc1. The van der Waals surface area contributed by atoms with E-state index < -0.39 is 9.84 Å². The number of hydrogen-bond acceptors (Lipinski definition) is 5. The molecule has 0 bridgehead atoms. The normalized spacial score (nSPS) is 19.3. The molecule has 1 aromatic heterocycles. The Balaban J connectivity index is 1.45. The molecule has 2 aromatic carbocycles. The fourth-order valence-corrected chi connectivity index (χ4v) is 5.10. The number of aromatic nitrogens is 1. The van der Waals surface area contributed by atoms with Gasteiger partial charge in [0.1, 0.15) is 0 Å². The standard InChI is InChI=1S/C22H24N2O3S2/c1-22(2,3)14-7-5-13(6-8-14)16-12-17(16)20(25)24-21-23-18-10-9-15(29(4,26)27)11-19(18)28-21/h5-11,16-17H,12H2,1-4H3,(H,23,24,25)/t16-,17-/m0/s1. The average molecular weight is 429 g/mol. The molecule has 0 aliphatic heterocycles. The summed E-state index contributed by atoms with van der Waals surface area (Å²) >= 11 is 1.30. The number of nitrogens with one attached hydrogen (secondary N) is 1. The van der Waals surface area contributed by atoms with Crippen molar-refractivity contribution >= 4 is 42.4 Å². The molecule has 0 radical (unpaired) electrons. The lowest BCUT2D eigenvalue weighted by Gasteiger charge is -2.19. The minimum Gasteiger partial charge on any atom is -0.302 e. The number of hydrogen-bond donors (Lipinski definition) is 1. The highest BCUT2D eigenvalue weighted by Crippen LogP contribution is 2.48. The molecular weight excluding hydrogens is 404 g/mol. The molecule has 1 amide bonds. The maximum atomic E-state index is 12.6. The molecule has 0 unspecified atom stereocenters. The van der Waals surface area contributed by atoms with Gasteiger partial charge in [-0.15, -0.1) is 0 Å². The maximum absolute atomic E-state index is 12.6. The first-order valence-electron chi connectivity index (χ1n) is 9.54. The van der Waals surface area contributed by atoms with Crippen molar-refractivity contribution in [2.75, 3.05) is 11.6 Å². The first-order valence-corrected chi connectivity index (χ1v) is 12.2. The molecule has 0 saturated heterocycles. The van der Waals surface area contributed by atoms with Gasteiger partial charge in [0.2, 0.25) is 5.91 Å². The lowest BCUT2D eigenvalue weighted by molar-refractivity contribution is -0.117.